The molecule has 5 nitrogen and oxygen atoms in total. The van der Waals surface area contributed by atoms with Crippen LogP contribution in [0.5, 0.6) is 0 Å². The summed E-state index contributed by atoms with van der Waals surface area (Å²) in [5.74, 6) is 0. The van der Waals surface area contributed by atoms with E-state index in [0.717, 1.165) is 30.4 Å². The first kappa shape index (κ1) is 41.4. The summed E-state index contributed by atoms with van der Waals surface area (Å²) < 4.78 is 28.2. The van der Waals surface area contributed by atoms with Gasteiger partial charge in [-0.15, -0.1) is 0 Å². The fourth-order valence-electron chi connectivity index (χ4n) is 6.52. The first-order valence-corrected chi connectivity index (χ1v) is 18.4. The SMILES string of the molecule is COP(=O)(OC)OC1CC(C)=C(C=CC(C)=CC=CC(C)=CC=CC=C(C)C=CC=C(C)C=CC2=C(C)CC(O)CC2(C)C)C(C)(C)C1. The lowest BCUT2D eigenvalue weighted by Crippen LogP contribution is -2.30. The highest BCUT2D eigenvalue weighted by atomic mass is 31.2. The highest BCUT2D eigenvalue weighted by molar-refractivity contribution is 7.48. The molecule has 1 N–H and O–H groups in total. The summed E-state index contributed by atoms with van der Waals surface area (Å²) in [5, 5.41) is 10.1. The number of rotatable bonds is 14. The molecule has 2 unspecified atom stereocenters. The van der Waals surface area contributed by atoms with Crippen LogP contribution in [-0.4, -0.2) is 31.5 Å². The molecule has 6 heteroatoms. The third kappa shape index (κ3) is 13.6. The third-order valence-corrected chi connectivity index (χ3v) is 10.4. The van der Waals surface area contributed by atoms with Gasteiger partial charge in [0, 0.05) is 14.2 Å². The van der Waals surface area contributed by atoms with Gasteiger partial charge in [0.15, 0.2) is 0 Å². The first-order chi connectivity index (χ1) is 22.4. The zero-order valence-electron chi connectivity index (χ0n) is 31.6. The van der Waals surface area contributed by atoms with Crippen LogP contribution in [0.2, 0.25) is 0 Å². The summed E-state index contributed by atoms with van der Waals surface area (Å²) in [4.78, 5) is 0. The lowest BCUT2D eigenvalue weighted by atomic mass is 9.71. The predicted octanol–water partition coefficient (Wildman–Crippen LogP) is 12.0. The number of hydrogen-bond donors (Lipinski definition) is 1. The summed E-state index contributed by atoms with van der Waals surface area (Å²) in [7, 11) is -0.828. The standard InChI is InChI=1S/C42H61O5P/c1-31(19-15-21-33(3)23-25-39-35(5)27-37(43)29-41(39,7)8)17-13-14-18-32(2)20-16-22-34(4)24-26-40-36(6)28-38(30-42(40,9)10)47-48(44,45-11)46-12/h13-26,37-38,43H,27-30H2,1-12H3. The van der Waals surface area contributed by atoms with Crippen molar-refractivity contribution in [1.82, 2.24) is 0 Å². The highest BCUT2D eigenvalue weighted by Gasteiger charge is 2.37. The summed E-state index contributed by atoms with van der Waals surface area (Å²) in [6.45, 7) is 21.4. The van der Waals surface area contributed by atoms with Gasteiger partial charge in [-0.3, -0.25) is 13.6 Å². The van der Waals surface area contributed by atoms with E-state index in [9.17, 15) is 9.67 Å². The molecule has 2 atom stereocenters. The fraction of sp³-hybridized carbons (Fsp3) is 0.476. The minimum absolute atomic E-state index is 0.00585. The van der Waals surface area contributed by atoms with Crippen LogP contribution in [0.25, 0.3) is 0 Å². The van der Waals surface area contributed by atoms with Crippen molar-refractivity contribution in [3.05, 3.63) is 130 Å². The molecular formula is C42H61O5P. The van der Waals surface area contributed by atoms with Crippen molar-refractivity contribution in [1.29, 1.82) is 0 Å². The second kappa shape index (κ2) is 18.8. The molecule has 264 valence electrons. The molecule has 0 aromatic carbocycles. The van der Waals surface area contributed by atoms with Gasteiger partial charge in [-0.1, -0.05) is 146 Å². The van der Waals surface area contributed by atoms with Crippen molar-refractivity contribution >= 4 is 7.82 Å². The van der Waals surface area contributed by atoms with E-state index < -0.39 is 7.82 Å². The van der Waals surface area contributed by atoms with Gasteiger partial charge >= 0.3 is 7.82 Å². The molecule has 0 aromatic rings. The Morgan fingerprint density at radius 1 is 0.667 bits per heavy atom. The van der Waals surface area contributed by atoms with E-state index in [4.69, 9.17) is 13.6 Å². The Morgan fingerprint density at radius 2 is 1.06 bits per heavy atom. The smallest absolute Gasteiger partial charge is 0.393 e. The summed E-state index contributed by atoms with van der Waals surface area (Å²) in [5.41, 5.74) is 9.65. The number of aliphatic hydroxyl groups is 1. The largest absolute Gasteiger partial charge is 0.474 e. The maximum absolute atomic E-state index is 12.5. The van der Waals surface area contributed by atoms with Gasteiger partial charge in [-0.05, 0) is 89.2 Å². The van der Waals surface area contributed by atoms with E-state index in [-0.39, 0.29) is 23.0 Å². The maximum atomic E-state index is 12.5. The molecule has 0 bridgehead atoms. The lowest BCUT2D eigenvalue weighted by molar-refractivity contribution is 0.0765. The Labute approximate surface area is 292 Å². The topological polar surface area (TPSA) is 65.0 Å². The number of allylic oxidation sites excluding steroid dienone is 20. The molecule has 0 aromatic heterocycles. The molecule has 0 fully saturated rings. The second-order valence-electron chi connectivity index (χ2n) is 14.6. The van der Waals surface area contributed by atoms with E-state index in [1.165, 1.54) is 47.7 Å². The molecule has 0 saturated heterocycles. The van der Waals surface area contributed by atoms with Crippen LogP contribution in [0, 0.1) is 10.8 Å². The van der Waals surface area contributed by atoms with Gasteiger partial charge in [0.05, 0.1) is 12.2 Å². The van der Waals surface area contributed by atoms with Crippen molar-refractivity contribution in [2.75, 3.05) is 14.2 Å². The van der Waals surface area contributed by atoms with Crippen LogP contribution in [0.15, 0.2) is 130 Å². The van der Waals surface area contributed by atoms with Gasteiger partial charge in [0.2, 0.25) is 0 Å². The van der Waals surface area contributed by atoms with Gasteiger partial charge < -0.3 is 5.11 Å². The monoisotopic (exact) mass is 676 g/mol. The molecule has 0 heterocycles. The van der Waals surface area contributed by atoms with Crippen LogP contribution >= 0.6 is 7.82 Å². The Kier molecular flexibility index (Phi) is 16.2. The minimum Gasteiger partial charge on any atom is -0.393 e. The average Bonchev–Trinajstić information content (AvgIpc) is 2.97. The molecule has 2 aliphatic rings. The summed E-state index contributed by atoms with van der Waals surface area (Å²) >= 11 is 0. The molecule has 0 amide bonds. The summed E-state index contributed by atoms with van der Waals surface area (Å²) in [6, 6.07) is 0. The van der Waals surface area contributed by atoms with E-state index in [1.54, 1.807) is 0 Å². The van der Waals surface area contributed by atoms with Crippen molar-refractivity contribution in [3.63, 3.8) is 0 Å². The average molecular weight is 677 g/mol. The van der Waals surface area contributed by atoms with Crippen molar-refractivity contribution in [2.45, 2.75) is 107 Å². The zero-order valence-corrected chi connectivity index (χ0v) is 32.5. The van der Waals surface area contributed by atoms with Crippen molar-refractivity contribution < 1.29 is 23.2 Å². The van der Waals surface area contributed by atoms with Crippen LogP contribution in [0.1, 0.15) is 94.9 Å². The number of phosphoric ester groups is 1. The van der Waals surface area contributed by atoms with Crippen molar-refractivity contribution in [2.24, 2.45) is 10.8 Å². The number of aliphatic hydroxyl groups excluding tert-OH is 1. The Morgan fingerprint density at radius 3 is 1.48 bits per heavy atom. The molecule has 48 heavy (non-hydrogen) atoms. The maximum Gasteiger partial charge on any atom is 0.474 e. The van der Waals surface area contributed by atoms with E-state index in [0.29, 0.717) is 6.42 Å². The molecule has 2 rings (SSSR count). The van der Waals surface area contributed by atoms with E-state index >= 15 is 0 Å². The molecule has 0 saturated carbocycles. The molecule has 0 aliphatic heterocycles. The van der Waals surface area contributed by atoms with E-state index in [2.05, 4.69) is 154 Å². The number of phosphoric acid groups is 1. The summed E-state index contributed by atoms with van der Waals surface area (Å²) in [6.07, 6.45) is 32.2. The Balaban J connectivity index is 1.93. The predicted molar refractivity (Wildman–Crippen MR) is 205 cm³/mol. The Bertz CT molecular complexity index is 1510. The lowest BCUT2D eigenvalue weighted by Gasteiger charge is -2.38. The second-order valence-corrected chi connectivity index (χ2v) is 16.4. The Hall–Kier alpha value is -2.79. The minimum atomic E-state index is -3.52. The van der Waals surface area contributed by atoms with E-state index in [1.807, 2.05) is 0 Å². The van der Waals surface area contributed by atoms with Crippen LogP contribution in [0.4, 0.5) is 0 Å². The van der Waals surface area contributed by atoms with Crippen LogP contribution in [0.3, 0.4) is 0 Å². The van der Waals surface area contributed by atoms with Crippen LogP contribution < -0.4 is 0 Å². The molecule has 0 radical (unpaired) electrons. The highest BCUT2D eigenvalue weighted by Crippen LogP contribution is 2.53. The van der Waals surface area contributed by atoms with Gasteiger partial charge in [-0.25, -0.2) is 4.57 Å². The van der Waals surface area contributed by atoms with Gasteiger partial charge in [0.25, 0.3) is 0 Å². The molecule has 2 aliphatic carbocycles. The third-order valence-electron chi connectivity index (χ3n) is 8.95. The quantitative estimate of drug-likeness (QED) is 0.147. The van der Waals surface area contributed by atoms with Crippen LogP contribution in [-0.2, 0) is 18.1 Å². The molecule has 0 spiro atoms. The fourth-order valence-corrected chi connectivity index (χ4v) is 7.35. The van der Waals surface area contributed by atoms with Crippen molar-refractivity contribution in [3.8, 4) is 0 Å². The molecular weight excluding hydrogens is 615 g/mol. The van der Waals surface area contributed by atoms with Gasteiger partial charge in [-0.2, -0.15) is 0 Å². The number of hydrogen-bond acceptors (Lipinski definition) is 5. The van der Waals surface area contributed by atoms with Gasteiger partial charge in [0.1, 0.15) is 0 Å². The zero-order chi connectivity index (χ0) is 36.1. The first-order valence-electron chi connectivity index (χ1n) is 17.0. The normalized spacial score (nSPS) is 23.8.